The number of benzene rings is 1. The van der Waals surface area contributed by atoms with Crippen molar-refractivity contribution in [1.29, 1.82) is 0 Å². The van der Waals surface area contributed by atoms with Crippen LogP contribution in [0, 0.1) is 25.2 Å². The summed E-state index contributed by atoms with van der Waals surface area (Å²) in [5.74, 6) is 2.31. The van der Waals surface area contributed by atoms with Crippen molar-refractivity contribution in [3.05, 3.63) is 72.9 Å². The minimum atomic E-state index is -1.51. The molecule has 6 heteroatoms. The van der Waals surface area contributed by atoms with E-state index in [0.717, 1.165) is 36.4 Å². The van der Waals surface area contributed by atoms with Gasteiger partial charge in [0.1, 0.15) is 8.24 Å². The van der Waals surface area contributed by atoms with Crippen molar-refractivity contribution in [3.63, 3.8) is 0 Å². The summed E-state index contributed by atoms with van der Waals surface area (Å²) in [6, 6.07) is 11.2. The number of halogens is 2. The van der Waals surface area contributed by atoms with Gasteiger partial charge in [-0.15, -0.1) is 13.1 Å². The van der Waals surface area contributed by atoms with Gasteiger partial charge < -0.3 is 17.3 Å². The SMILES string of the molecule is C[Si](C)(C1C(Cc2ccccc2)CC2C=CC=CC21)N1CC[N-]CC1.[CH3-].[Cl][Ti][Cl]. The predicted octanol–water partition coefficient (Wildman–Crippen LogP) is 6.70. The van der Waals surface area contributed by atoms with Crippen LogP contribution in [0.5, 0.6) is 0 Å². The van der Waals surface area contributed by atoms with Gasteiger partial charge in [-0.05, 0) is 54.8 Å². The molecule has 2 aliphatic carbocycles. The number of piperazine rings is 1. The molecular formula is C23H34Cl2N2SiTi-2. The molecule has 0 amide bonds. The molecule has 3 aliphatic rings. The Hall–Kier alpha value is 0.131. The van der Waals surface area contributed by atoms with Gasteiger partial charge in [0.25, 0.3) is 0 Å². The van der Waals surface area contributed by atoms with E-state index in [0.29, 0.717) is 0 Å². The van der Waals surface area contributed by atoms with Crippen LogP contribution < -0.4 is 0 Å². The first-order valence-corrected chi connectivity index (χ1v) is 17.6. The van der Waals surface area contributed by atoms with E-state index in [-0.39, 0.29) is 7.43 Å². The van der Waals surface area contributed by atoms with Crippen LogP contribution in [-0.4, -0.2) is 39.0 Å². The van der Waals surface area contributed by atoms with E-state index < -0.39 is 25.3 Å². The van der Waals surface area contributed by atoms with Crippen molar-refractivity contribution in [3.8, 4) is 0 Å². The molecule has 0 radical (unpaired) electrons. The summed E-state index contributed by atoms with van der Waals surface area (Å²) in [4.78, 5) is 0. The van der Waals surface area contributed by atoms with E-state index in [4.69, 9.17) is 18.6 Å². The maximum absolute atomic E-state index is 4.89. The number of allylic oxidation sites excluding steroid dienone is 4. The molecule has 4 unspecified atom stereocenters. The molecule has 0 N–H and O–H groups in total. The molecule has 1 saturated carbocycles. The Morgan fingerprint density at radius 3 is 2.34 bits per heavy atom. The first-order valence-electron chi connectivity index (χ1n) is 10.3. The molecule has 0 bridgehead atoms. The summed E-state index contributed by atoms with van der Waals surface area (Å²) >= 11 is -0.556. The Morgan fingerprint density at radius 2 is 1.69 bits per heavy atom. The third-order valence-corrected chi connectivity index (χ3v) is 11.4. The van der Waals surface area contributed by atoms with Gasteiger partial charge >= 0.3 is 35.6 Å². The van der Waals surface area contributed by atoms with Crippen molar-refractivity contribution < 1.29 is 17.0 Å². The molecule has 4 rings (SSSR count). The van der Waals surface area contributed by atoms with E-state index in [1.165, 1.54) is 31.5 Å². The summed E-state index contributed by atoms with van der Waals surface area (Å²) in [6.45, 7) is 9.72. The second kappa shape index (κ2) is 12.2. The monoisotopic (exact) mass is 484 g/mol. The molecule has 1 heterocycles. The van der Waals surface area contributed by atoms with Crippen LogP contribution in [0.15, 0.2) is 54.6 Å². The Morgan fingerprint density at radius 1 is 1.07 bits per heavy atom. The van der Waals surface area contributed by atoms with E-state index in [1.807, 2.05) is 0 Å². The van der Waals surface area contributed by atoms with Crippen LogP contribution in [-0.2, 0) is 23.5 Å². The quantitative estimate of drug-likeness (QED) is 0.343. The van der Waals surface area contributed by atoms with Crippen LogP contribution in [0.25, 0.3) is 5.32 Å². The summed E-state index contributed by atoms with van der Waals surface area (Å²) in [5.41, 5.74) is 2.36. The third-order valence-electron chi connectivity index (χ3n) is 6.82. The van der Waals surface area contributed by atoms with E-state index >= 15 is 0 Å². The second-order valence-corrected chi connectivity index (χ2v) is 15.8. The van der Waals surface area contributed by atoms with Crippen LogP contribution in [0.3, 0.4) is 0 Å². The van der Waals surface area contributed by atoms with Crippen molar-refractivity contribution in [2.45, 2.75) is 31.5 Å². The van der Waals surface area contributed by atoms with Crippen molar-refractivity contribution in [2.24, 2.45) is 17.8 Å². The number of fused-ring (bicyclic) bond motifs is 1. The molecular weight excluding hydrogens is 451 g/mol. The van der Waals surface area contributed by atoms with Crippen molar-refractivity contribution >= 4 is 26.8 Å². The average Bonchev–Trinajstić information content (AvgIpc) is 3.08. The predicted molar refractivity (Wildman–Crippen MR) is 128 cm³/mol. The molecule has 29 heavy (non-hydrogen) atoms. The summed E-state index contributed by atoms with van der Waals surface area (Å²) in [6.07, 6.45) is 12.2. The van der Waals surface area contributed by atoms with Gasteiger partial charge in [0.05, 0.1) is 0 Å². The Labute approximate surface area is 195 Å². The van der Waals surface area contributed by atoms with Crippen LogP contribution >= 0.6 is 18.6 Å². The Bertz CT molecular complexity index is 662. The average molecular weight is 485 g/mol. The Kier molecular flexibility index (Phi) is 10.7. The Balaban J connectivity index is 0.000000708. The third kappa shape index (κ3) is 6.32. The van der Waals surface area contributed by atoms with Crippen LogP contribution in [0.4, 0.5) is 0 Å². The van der Waals surface area contributed by atoms with Crippen LogP contribution in [0.2, 0.25) is 18.6 Å². The van der Waals surface area contributed by atoms with Gasteiger partial charge in [0, 0.05) is 0 Å². The molecule has 160 valence electrons. The number of hydrogen-bond donors (Lipinski definition) is 0. The summed E-state index contributed by atoms with van der Waals surface area (Å²) < 4.78 is 2.86. The maximum atomic E-state index is 4.89. The fourth-order valence-corrected chi connectivity index (χ4v) is 10.2. The number of rotatable bonds is 4. The number of nitrogens with zero attached hydrogens (tertiary/aromatic N) is 2. The zero-order valence-electron chi connectivity index (χ0n) is 17.9. The van der Waals surface area contributed by atoms with Gasteiger partial charge in [-0.2, -0.15) is 0 Å². The standard InChI is InChI=1S/C22H31N2Si.CH3.2ClH.Ti/c1-25(2,24-14-12-23-13-15-24)22-20(16-18-8-4-3-5-9-18)17-19-10-6-7-11-21(19)22;;;;/h3-11,19-22H,12-17H2,1-2H3;1H3;2*1H;/q2*-1;;;+2/p-2. The van der Waals surface area contributed by atoms with Gasteiger partial charge in [-0.25, -0.2) is 0 Å². The second-order valence-electron chi connectivity index (χ2n) is 8.61. The molecule has 2 fully saturated rings. The molecule has 4 atom stereocenters. The van der Waals surface area contributed by atoms with Gasteiger partial charge in [0.2, 0.25) is 0 Å². The first-order chi connectivity index (χ1) is 13.6. The zero-order chi connectivity index (χ0) is 20.0. The molecule has 2 nitrogen and oxygen atoms in total. The topological polar surface area (TPSA) is 17.3 Å². The fourth-order valence-electron chi connectivity index (χ4n) is 5.67. The molecule has 1 aromatic carbocycles. The zero-order valence-corrected chi connectivity index (χ0v) is 22.0. The summed E-state index contributed by atoms with van der Waals surface area (Å²) in [7, 11) is 8.27. The minimum absolute atomic E-state index is 0. The normalized spacial score (nSPS) is 28.7. The van der Waals surface area contributed by atoms with Crippen LogP contribution in [0.1, 0.15) is 12.0 Å². The van der Waals surface area contributed by atoms with Crippen molar-refractivity contribution in [1.82, 2.24) is 4.57 Å². The van der Waals surface area contributed by atoms with Gasteiger partial charge in [-0.1, -0.05) is 67.7 Å². The fraction of sp³-hybridized carbons (Fsp3) is 0.522. The molecule has 1 saturated heterocycles. The molecule has 1 aliphatic heterocycles. The van der Waals surface area contributed by atoms with E-state index in [1.54, 1.807) is 0 Å². The number of hydrogen-bond acceptors (Lipinski definition) is 1. The molecule has 0 spiro atoms. The molecule has 1 aromatic rings. The molecule has 0 aromatic heterocycles. The van der Waals surface area contributed by atoms with Crippen molar-refractivity contribution in [2.75, 3.05) is 26.2 Å². The van der Waals surface area contributed by atoms with Gasteiger partial charge in [0.15, 0.2) is 0 Å². The first kappa shape index (κ1) is 25.4. The van der Waals surface area contributed by atoms with Gasteiger partial charge in [-0.3, -0.25) is 0 Å². The van der Waals surface area contributed by atoms with E-state index in [9.17, 15) is 0 Å². The van der Waals surface area contributed by atoms with E-state index in [2.05, 4.69) is 77.6 Å². The summed E-state index contributed by atoms with van der Waals surface area (Å²) in [5, 5.41) is 4.59.